The second-order valence-corrected chi connectivity index (χ2v) is 7.87. The molecule has 152 valence electrons. The Bertz CT molecular complexity index is 1240. The molecular weight excluding hydrogens is 448 g/mol. The second-order valence-electron chi connectivity index (χ2n) is 6.95. The molecule has 0 spiro atoms. The van der Waals surface area contributed by atoms with Crippen LogP contribution in [-0.4, -0.2) is 23.1 Å². The fourth-order valence-corrected chi connectivity index (χ4v) is 3.50. The molecule has 0 aliphatic carbocycles. The number of rotatable bonds is 4. The van der Waals surface area contributed by atoms with E-state index < -0.39 is 0 Å². The van der Waals surface area contributed by atoms with Crippen molar-refractivity contribution in [1.82, 2.24) is 4.98 Å². The van der Waals surface area contributed by atoms with Gasteiger partial charge in [0.25, 0.3) is 5.91 Å². The Hall–Kier alpha value is -3.32. The zero-order chi connectivity index (χ0) is 21.4. The fraction of sp³-hybridized carbons (Fsp3) is 0.130. The van der Waals surface area contributed by atoms with Gasteiger partial charge in [-0.25, -0.2) is 4.98 Å². The van der Waals surface area contributed by atoms with Crippen molar-refractivity contribution >= 4 is 38.6 Å². The number of halogens is 1. The first-order valence-corrected chi connectivity index (χ1v) is 10.0. The van der Waals surface area contributed by atoms with Crippen LogP contribution in [0.1, 0.15) is 21.5 Å². The summed E-state index contributed by atoms with van der Waals surface area (Å²) in [7, 11) is 1.50. The predicted molar refractivity (Wildman–Crippen MR) is 119 cm³/mol. The molecule has 6 nitrogen and oxygen atoms in total. The van der Waals surface area contributed by atoms with E-state index in [1.54, 1.807) is 30.3 Å². The number of phenols is 1. The summed E-state index contributed by atoms with van der Waals surface area (Å²) in [6.45, 7) is 4.02. The van der Waals surface area contributed by atoms with Crippen molar-refractivity contribution in [1.29, 1.82) is 0 Å². The van der Waals surface area contributed by atoms with Gasteiger partial charge in [0.05, 0.1) is 18.2 Å². The number of nitrogens with zero attached hydrogens (tertiary/aromatic N) is 1. The van der Waals surface area contributed by atoms with Crippen molar-refractivity contribution in [3.63, 3.8) is 0 Å². The number of hydrogen-bond donors (Lipinski definition) is 2. The van der Waals surface area contributed by atoms with Crippen molar-refractivity contribution in [2.24, 2.45) is 0 Å². The lowest BCUT2D eigenvalue weighted by Crippen LogP contribution is -2.13. The summed E-state index contributed by atoms with van der Waals surface area (Å²) in [6, 6.07) is 13.9. The van der Waals surface area contributed by atoms with Gasteiger partial charge in [0.1, 0.15) is 17.0 Å². The van der Waals surface area contributed by atoms with Gasteiger partial charge in [0.2, 0.25) is 5.89 Å². The highest BCUT2D eigenvalue weighted by Gasteiger charge is 2.16. The highest BCUT2D eigenvalue weighted by Crippen LogP contribution is 2.34. The Balaban J connectivity index is 1.62. The lowest BCUT2D eigenvalue weighted by molar-refractivity contribution is 0.102. The summed E-state index contributed by atoms with van der Waals surface area (Å²) in [5, 5.41) is 13.3. The summed E-state index contributed by atoms with van der Waals surface area (Å²) in [5.74, 6) is 0.370. The third-order valence-electron chi connectivity index (χ3n) is 4.90. The number of hydrogen-bond acceptors (Lipinski definition) is 5. The number of methoxy groups -OCH3 is 1. The number of benzene rings is 3. The molecule has 2 N–H and O–H groups in total. The first-order valence-electron chi connectivity index (χ1n) is 9.22. The van der Waals surface area contributed by atoms with Crippen molar-refractivity contribution in [2.45, 2.75) is 13.8 Å². The Labute approximate surface area is 181 Å². The van der Waals surface area contributed by atoms with Crippen molar-refractivity contribution in [3.05, 3.63) is 69.7 Å². The SMILES string of the molecule is COc1ccc(Br)cc1C(=O)Nc1ccc(-c2nc3cc(C)c(C)cc3o2)c(O)c1. The van der Waals surface area contributed by atoms with Gasteiger partial charge in [0, 0.05) is 16.2 Å². The number of aryl methyl sites for hydroxylation is 2. The first kappa shape index (κ1) is 20.0. The predicted octanol–water partition coefficient (Wildman–Crippen LogP) is 5.84. The largest absolute Gasteiger partial charge is 0.507 e. The van der Waals surface area contributed by atoms with Gasteiger partial charge in [-0.15, -0.1) is 0 Å². The number of ether oxygens (including phenoxy) is 1. The topological polar surface area (TPSA) is 84.6 Å². The van der Waals surface area contributed by atoms with Crippen molar-refractivity contribution in [2.75, 3.05) is 12.4 Å². The molecule has 0 aliphatic rings. The van der Waals surface area contributed by atoms with E-state index in [2.05, 4.69) is 26.2 Å². The van der Waals surface area contributed by atoms with E-state index in [0.29, 0.717) is 34.0 Å². The Morgan fingerprint density at radius 3 is 2.60 bits per heavy atom. The molecule has 4 aromatic rings. The Morgan fingerprint density at radius 2 is 1.87 bits per heavy atom. The molecule has 1 aromatic heterocycles. The monoisotopic (exact) mass is 466 g/mol. The van der Waals surface area contributed by atoms with Gasteiger partial charge in [0.15, 0.2) is 5.58 Å². The maximum atomic E-state index is 12.7. The van der Waals surface area contributed by atoms with E-state index in [9.17, 15) is 9.90 Å². The molecule has 0 saturated carbocycles. The maximum Gasteiger partial charge on any atom is 0.259 e. The summed E-state index contributed by atoms with van der Waals surface area (Å²) >= 11 is 3.36. The number of aromatic nitrogens is 1. The summed E-state index contributed by atoms with van der Waals surface area (Å²) in [6.07, 6.45) is 0. The number of carbonyl (C=O) groups is 1. The van der Waals surface area contributed by atoms with E-state index in [4.69, 9.17) is 9.15 Å². The summed E-state index contributed by atoms with van der Waals surface area (Å²) in [5.41, 5.74) is 4.87. The van der Waals surface area contributed by atoms with Gasteiger partial charge in [-0.2, -0.15) is 0 Å². The molecule has 0 unspecified atom stereocenters. The molecule has 1 heterocycles. The van der Waals surface area contributed by atoms with E-state index >= 15 is 0 Å². The fourth-order valence-electron chi connectivity index (χ4n) is 3.14. The number of oxazole rings is 1. The van der Waals surface area contributed by atoms with Crippen molar-refractivity contribution < 1.29 is 19.1 Å². The molecule has 3 aromatic carbocycles. The zero-order valence-corrected chi connectivity index (χ0v) is 18.2. The van der Waals surface area contributed by atoms with Crippen LogP contribution in [-0.2, 0) is 0 Å². The molecule has 0 bridgehead atoms. The van der Waals surface area contributed by atoms with Crippen LogP contribution in [0.2, 0.25) is 0 Å². The van der Waals surface area contributed by atoms with Gasteiger partial charge < -0.3 is 19.6 Å². The number of carbonyl (C=O) groups excluding carboxylic acids is 1. The molecule has 4 rings (SSSR count). The average Bonchev–Trinajstić information content (AvgIpc) is 3.10. The maximum absolute atomic E-state index is 12.7. The molecule has 0 radical (unpaired) electrons. The minimum Gasteiger partial charge on any atom is -0.507 e. The first-order chi connectivity index (χ1) is 14.4. The van der Waals surface area contributed by atoms with Crippen LogP contribution in [0.3, 0.4) is 0 Å². The highest BCUT2D eigenvalue weighted by molar-refractivity contribution is 9.10. The molecule has 30 heavy (non-hydrogen) atoms. The normalized spacial score (nSPS) is 10.9. The van der Waals surface area contributed by atoms with Crippen molar-refractivity contribution in [3.8, 4) is 23.0 Å². The summed E-state index contributed by atoms with van der Waals surface area (Å²) < 4.78 is 11.8. The molecule has 0 saturated heterocycles. The molecule has 7 heteroatoms. The van der Waals surface area contributed by atoms with E-state index in [-0.39, 0.29) is 11.7 Å². The zero-order valence-electron chi connectivity index (χ0n) is 16.6. The lowest BCUT2D eigenvalue weighted by atomic mass is 10.1. The third-order valence-corrected chi connectivity index (χ3v) is 5.39. The third kappa shape index (κ3) is 3.76. The van der Waals surface area contributed by atoms with Gasteiger partial charge in [-0.1, -0.05) is 15.9 Å². The molecule has 0 atom stereocenters. The van der Waals surface area contributed by atoms with Crippen LogP contribution in [0.5, 0.6) is 11.5 Å². The lowest BCUT2D eigenvalue weighted by Gasteiger charge is -2.11. The Morgan fingerprint density at radius 1 is 1.10 bits per heavy atom. The van der Waals surface area contributed by atoms with E-state index in [1.807, 2.05) is 26.0 Å². The van der Waals surface area contributed by atoms with Crippen LogP contribution in [0, 0.1) is 13.8 Å². The van der Waals surface area contributed by atoms with Crippen LogP contribution in [0.25, 0.3) is 22.6 Å². The van der Waals surface area contributed by atoms with Gasteiger partial charge in [-0.05, 0) is 67.4 Å². The van der Waals surface area contributed by atoms with Crippen LogP contribution < -0.4 is 10.1 Å². The number of phenolic OH excluding ortho intramolecular Hbond substituents is 1. The van der Waals surface area contributed by atoms with Crippen LogP contribution >= 0.6 is 15.9 Å². The van der Waals surface area contributed by atoms with E-state index in [1.165, 1.54) is 13.2 Å². The Kier molecular flexibility index (Phi) is 5.22. The number of nitrogens with one attached hydrogen (secondary N) is 1. The highest BCUT2D eigenvalue weighted by atomic mass is 79.9. The van der Waals surface area contributed by atoms with Crippen LogP contribution in [0.4, 0.5) is 5.69 Å². The molecule has 1 amide bonds. The minimum atomic E-state index is -0.354. The number of fused-ring (bicyclic) bond motifs is 1. The molecule has 0 aliphatic heterocycles. The number of anilines is 1. The minimum absolute atomic E-state index is 0.0472. The molecule has 0 fully saturated rings. The van der Waals surface area contributed by atoms with E-state index in [0.717, 1.165) is 21.1 Å². The second kappa shape index (κ2) is 7.84. The smallest absolute Gasteiger partial charge is 0.259 e. The van der Waals surface area contributed by atoms with Gasteiger partial charge >= 0.3 is 0 Å². The van der Waals surface area contributed by atoms with Crippen LogP contribution in [0.15, 0.2) is 57.4 Å². The standard InChI is InChI=1S/C23H19BrN2O4/c1-12-8-18-21(9-13(12)2)30-23(26-18)16-6-5-15(11-19(16)27)25-22(28)17-10-14(24)4-7-20(17)29-3/h4-11,27H,1-3H3,(H,25,28). The van der Waals surface area contributed by atoms with Gasteiger partial charge in [-0.3, -0.25) is 4.79 Å². The quantitative estimate of drug-likeness (QED) is 0.394. The number of amides is 1. The molecular formula is C23H19BrN2O4. The number of aromatic hydroxyl groups is 1. The average molecular weight is 467 g/mol. The summed E-state index contributed by atoms with van der Waals surface area (Å²) in [4.78, 5) is 17.1.